The molecule has 0 aromatic heterocycles. The van der Waals surface area contributed by atoms with Crippen molar-refractivity contribution >= 4 is 5.97 Å². The Morgan fingerprint density at radius 3 is 2.86 bits per heavy atom. The van der Waals surface area contributed by atoms with E-state index in [1.807, 2.05) is 12.1 Å². The fourth-order valence-corrected chi connectivity index (χ4v) is 4.99. The Balaban J connectivity index is 1.83. The second-order valence-electron chi connectivity index (χ2n) is 7.00. The number of hydrogen-bond donors (Lipinski definition) is 1. The second-order valence-corrected chi connectivity index (χ2v) is 7.00. The quantitative estimate of drug-likeness (QED) is 0.810. The Morgan fingerprint density at radius 1 is 1.23 bits per heavy atom. The van der Waals surface area contributed by atoms with Crippen LogP contribution in [-0.2, 0) is 26.3 Å². The third-order valence-electron chi connectivity index (χ3n) is 5.93. The Labute approximate surface area is 130 Å². The van der Waals surface area contributed by atoms with Crippen LogP contribution in [-0.4, -0.2) is 24.0 Å². The van der Waals surface area contributed by atoms with Gasteiger partial charge in [0.05, 0.1) is 12.7 Å². The van der Waals surface area contributed by atoms with Crippen molar-refractivity contribution in [3.8, 4) is 0 Å². The molecule has 118 valence electrons. The standard InChI is InChI=1S/C18H22O4/c1-21-15(19)16-9-5-11-18(16,20)22-17(12-16)10-4-7-13-6-2-3-8-14(13)17/h2-3,6,8,20H,4-5,7,9-12H2,1H3/t16-,17-,18-/m1/s1. The van der Waals surface area contributed by atoms with E-state index in [9.17, 15) is 9.90 Å². The molecule has 2 fully saturated rings. The lowest BCUT2D eigenvalue weighted by molar-refractivity contribution is -0.255. The number of aliphatic hydroxyl groups is 1. The third-order valence-corrected chi connectivity index (χ3v) is 5.93. The van der Waals surface area contributed by atoms with Crippen molar-refractivity contribution in [1.29, 1.82) is 0 Å². The molecule has 3 atom stereocenters. The summed E-state index contributed by atoms with van der Waals surface area (Å²) >= 11 is 0. The highest BCUT2D eigenvalue weighted by Crippen LogP contribution is 2.64. The summed E-state index contributed by atoms with van der Waals surface area (Å²) in [6.45, 7) is 0. The molecular weight excluding hydrogens is 280 g/mol. The van der Waals surface area contributed by atoms with Crippen molar-refractivity contribution in [2.45, 2.75) is 56.3 Å². The number of methoxy groups -OCH3 is 1. The van der Waals surface area contributed by atoms with Crippen molar-refractivity contribution < 1.29 is 19.4 Å². The van der Waals surface area contributed by atoms with Crippen LogP contribution in [0.1, 0.15) is 49.7 Å². The van der Waals surface area contributed by atoms with Crippen molar-refractivity contribution in [3.63, 3.8) is 0 Å². The van der Waals surface area contributed by atoms with E-state index in [1.165, 1.54) is 12.7 Å². The number of ether oxygens (including phenoxy) is 2. The summed E-state index contributed by atoms with van der Waals surface area (Å²) in [4.78, 5) is 12.5. The van der Waals surface area contributed by atoms with Gasteiger partial charge in [-0.1, -0.05) is 24.3 Å². The van der Waals surface area contributed by atoms with E-state index in [0.29, 0.717) is 19.3 Å². The maximum absolute atomic E-state index is 12.5. The molecule has 1 aromatic rings. The van der Waals surface area contributed by atoms with Crippen LogP contribution in [0.25, 0.3) is 0 Å². The Morgan fingerprint density at radius 2 is 2.05 bits per heavy atom. The number of aryl methyl sites for hydroxylation is 1. The second kappa shape index (κ2) is 4.56. The van der Waals surface area contributed by atoms with E-state index >= 15 is 0 Å². The van der Waals surface area contributed by atoms with E-state index in [2.05, 4.69) is 12.1 Å². The van der Waals surface area contributed by atoms with Gasteiger partial charge in [0, 0.05) is 12.8 Å². The molecule has 0 unspecified atom stereocenters. The molecule has 1 aliphatic heterocycles. The molecule has 1 N–H and O–H groups in total. The van der Waals surface area contributed by atoms with Gasteiger partial charge in [0.15, 0.2) is 5.79 Å². The van der Waals surface area contributed by atoms with E-state index in [0.717, 1.165) is 31.2 Å². The molecule has 4 rings (SSSR count). The van der Waals surface area contributed by atoms with E-state index in [4.69, 9.17) is 9.47 Å². The summed E-state index contributed by atoms with van der Waals surface area (Å²) in [5.74, 6) is -1.71. The largest absolute Gasteiger partial charge is 0.468 e. The molecule has 4 nitrogen and oxygen atoms in total. The molecule has 0 radical (unpaired) electrons. The smallest absolute Gasteiger partial charge is 0.317 e. The van der Waals surface area contributed by atoms with Gasteiger partial charge in [-0.25, -0.2) is 0 Å². The minimum Gasteiger partial charge on any atom is -0.468 e. The maximum Gasteiger partial charge on any atom is 0.317 e. The zero-order valence-corrected chi connectivity index (χ0v) is 12.9. The molecule has 0 bridgehead atoms. The summed E-state index contributed by atoms with van der Waals surface area (Å²) in [6.07, 6.45) is 5.37. The van der Waals surface area contributed by atoms with Crippen LogP contribution in [0.5, 0.6) is 0 Å². The number of carbonyl (C=O) groups is 1. The molecule has 1 aromatic carbocycles. The van der Waals surface area contributed by atoms with E-state index in [1.54, 1.807) is 0 Å². The number of benzene rings is 1. The Kier molecular flexibility index (Phi) is 2.94. The van der Waals surface area contributed by atoms with Gasteiger partial charge < -0.3 is 14.6 Å². The molecule has 4 heteroatoms. The molecular formula is C18H22O4. The summed E-state index contributed by atoms with van der Waals surface area (Å²) in [7, 11) is 1.40. The van der Waals surface area contributed by atoms with Crippen LogP contribution in [0.15, 0.2) is 24.3 Å². The fraction of sp³-hybridized carbons (Fsp3) is 0.611. The predicted octanol–water partition coefficient (Wildman–Crippen LogP) is 2.67. The minimum absolute atomic E-state index is 0.326. The molecule has 22 heavy (non-hydrogen) atoms. The van der Waals surface area contributed by atoms with E-state index in [-0.39, 0.29) is 5.97 Å². The Bertz CT molecular complexity index is 627. The molecule has 3 aliphatic rings. The number of fused-ring (bicyclic) bond motifs is 3. The van der Waals surface area contributed by atoms with Gasteiger partial charge in [0.2, 0.25) is 0 Å². The first-order valence-electron chi connectivity index (χ1n) is 8.15. The fourth-order valence-electron chi connectivity index (χ4n) is 4.99. The van der Waals surface area contributed by atoms with Crippen LogP contribution in [0.3, 0.4) is 0 Å². The number of esters is 1. The summed E-state index contributed by atoms with van der Waals surface area (Å²) in [5.41, 5.74) is 0.967. The number of carbonyl (C=O) groups excluding carboxylic acids is 1. The highest BCUT2D eigenvalue weighted by Gasteiger charge is 2.71. The average Bonchev–Trinajstić information content (AvgIpc) is 2.95. The summed E-state index contributed by atoms with van der Waals surface area (Å²) < 4.78 is 11.4. The first-order chi connectivity index (χ1) is 10.6. The maximum atomic E-state index is 12.5. The summed E-state index contributed by atoms with van der Waals surface area (Å²) in [5, 5.41) is 11.1. The van der Waals surface area contributed by atoms with Crippen molar-refractivity contribution in [3.05, 3.63) is 35.4 Å². The number of hydrogen-bond acceptors (Lipinski definition) is 4. The lowest BCUT2D eigenvalue weighted by Gasteiger charge is -2.37. The molecule has 0 amide bonds. The Hall–Kier alpha value is -1.39. The highest BCUT2D eigenvalue weighted by atomic mass is 16.7. The van der Waals surface area contributed by atoms with Gasteiger partial charge >= 0.3 is 5.97 Å². The van der Waals surface area contributed by atoms with Crippen molar-refractivity contribution in [2.24, 2.45) is 5.41 Å². The van der Waals surface area contributed by atoms with Crippen molar-refractivity contribution in [1.82, 2.24) is 0 Å². The van der Waals surface area contributed by atoms with Crippen molar-refractivity contribution in [2.75, 3.05) is 7.11 Å². The lowest BCUT2D eigenvalue weighted by Crippen LogP contribution is -2.46. The predicted molar refractivity (Wildman–Crippen MR) is 80.0 cm³/mol. The first-order valence-corrected chi connectivity index (χ1v) is 8.15. The highest BCUT2D eigenvalue weighted by molar-refractivity contribution is 5.79. The summed E-state index contributed by atoms with van der Waals surface area (Å²) in [6, 6.07) is 8.27. The molecule has 1 saturated carbocycles. The lowest BCUT2D eigenvalue weighted by atomic mass is 9.70. The van der Waals surface area contributed by atoms with Gasteiger partial charge in [-0.15, -0.1) is 0 Å². The van der Waals surface area contributed by atoms with Crippen LogP contribution in [0, 0.1) is 5.41 Å². The first kappa shape index (κ1) is 14.2. The zero-order valence-electron chi connectivity index (χ0n) is 12.9. The molecule has 1 spiro atoms. The van der Waals surface area contributed by atoms with Crippen LogP contribution in [0.2, 0.25) is 0 Å². The average molecular weight is 302 g/mol. The number of rotatable bonds is 1. The molecule has 2 aliphatic carbocycles. The van der Waals surface area contributed by atoms with E-state index < -0.39 is 16.8 Å². The van der Waals surface area contributed by atoms with Gasteiger partial charge in [-0.3, -0.25) is 4.79 Å². The zero-order chi connectivity index (χ0) is 15.4. The van der Waals surface area contributed by atoms with Gasteiger partial charge in [-0.2, -0.15) is 0 Å². The third kappa shape index (κ3) is 1.62. The molecule has 1 heterocycles. The van der Waals surface area contributed by atoms with Gasteiger partial charge in [-0.05, 0) is 43.2 Å². The van der Waals surface area contributed by atoms with Crippen LogP contribution >= 0.6 is 0 Å². The van der Waals surface area contributed by atoms with Crippen LogP contribution in [0.4, 0.5) is 0 Å². The van der Waals surface area contributed by atoms with Gasteiger partial charge in [0.1, 0.15) is 5.41 Å². The topological polar surface area (TPSA) is 55.8 Å². The minimum atomic E-state index is -1.38. The SMILES string of the molecule is COC(=O)[C@]12CCC[C@@]1(O)O[C@]1(CCCc3ccccc31)C2. The van der Waals surface area contributed by atoms with Crippen LogP contribution < -0.4 is 0 Å². The van der Waals surface area contributed by atoms with Gasteiger partial charge in [0.25, 0.3) is 0 Å². The monoisotopic (exact) mass is 302 g/mol. The normalized spacial score (nSPS) is 39.5. The molecule has 1 saturated heterocycles.